The van der Waals surface area contributed by atoms with Crippen molar-refractivity contribution in [2.24, 2.45) is 0 Å². The van der Waals surface area contributed by atoms with Crippen LogP contribution in [0.3, 0.4) is 0 Å². The number of piperidine rings is 1. The smallest absolute Gasteiger partial charge is 0.322 e. The van der Waals surface area contributed by atoms with Crippen molar-refractivity contribution in [1.82, 2.24) is 14.9 Å². The number of hydrogen-bond acceptors (Lipinski definition) is 4. The second-order valence-corrected chi connectivity index (χ2v) is 8.10. The molecular weight excluding hydrogens is 406 g/mol. The van der Waals surface area contributed by atoms with Gasteiger partial charge < -0.3 is 15.1 Å². The van der Waals surface area contributed by atoms with Crippen LogP contribution in [0.25, 0.3) is 0 Å². The molecule has 2 aliphatic heterocycles. The number of hydrogen-bond donors (Lipinski definition) is 1. The molecule has 0 radical (unpaired) electrons. The van der Waals surface area contributed by atoms with Gasteiger partial charge in [0.15, 0.2) is 0 Å². The van der Waals surface area contributed by atoms with E-state index in [4.69, 9.17) is 4.98 Å². The highest BCUT2D eigenvalue weighted by atomic mass is 79.9. The van der Waals surface area contributed by atoms with E-state index in [1.54, 1.807) is 0 Å². The SMILES string of the molecule is Cc1nc2c(c(N3CCCCC3)n1)CN(C(=O)Nc1cccc(Br)c1)CC2. The summed E-state index contributed by atoms with van der Waals surface area (Å²) in [4.78, 5) is 26.4. The molecule has 1 aromatic heterocycles. The minimum Gasteiger partial charge on any atom is -0.356 e. The molecule has 0 spiro atoms. The van der Waals surface area contributed by atoms with Gasteiger partial charge in [0.05, 0.1) is 12.2 Å². The summed E-state index contributed by atoms with van der Waals surface area (Å²) >= 11 is 3.44. The van der Waals surface area contributed by atoms with E-state index in [2.05, 4.69) is 31.1 Å². The van der Waals surface area contributed by atoms with Gasteiger partial charge in [-0.25, -0.2) is 14.8 Å². The first-order valence-corrected chi connectivity index (χ1v) is 10.3. The molecule has 3 heterocycles. The van der Waals surface area contributed by atoms with E-state index in [0.717, 1.165) is 52.6 Å². The van der Waals surface area contributed by atoms with Crippen LogP contribution in [0.4, 0.5) is 16.3 Å². The normalized spacial score (nSPS) is 16.8. The summed E-state index contributed by atoms with van der Waals surface area (Å²) in [6.45, 7) is 5.25. The van der Waals surface area contributed by atoms with Crippen molar-refractivity contribution < 1.29 is 4.79 Å². The summed E-state index contributed by atoms with van der Waals surface area (Å²) in [6, 6.07) is 7.57. The molecule has 142 valence electrons. The number of carbonyl (C=O) groups excluding carboxylic acids is 1. The number of fused-ring (bicyclic) bond motifs is 1. The number of benzene rings is 1. The maximum atomic E-state index is 12.8. The maximum absolute atomic E-state index is 12.8. The quantitative estimate of drug-likeness (QED) is 0.779. The van der Waals surface area contributed by atoms with Gasteiger partial charge in [0.25, 0.3) is 0 Å². The molecule has 1 saturated heterocycles. The molecule has 2 aromatic rings. The number of amides is 2. The largest absolute Gasteiger partial charge is 0.356 e. The van der Waals surface area contributed by atoms with E-state index in [0.29, 0.717) is 13.1 Å². The van der Waals surface area contributed by atoms with Crippen molar-refractivity contribution in [1.29, 1.82) is 0 Å². The molecular formula is C20H24BrN5O. The number of nitrogens with one attached hydrogen (secondary N) is 1. The molecule has 0 aliphatic carbocycles. The first-order valence-electron chi connectivity index (χ1n) is 9.53. The highest BCUT2D eigenvalue weighted by molar-refractivity contribution is 9.10. The molecule has 0 saturated carbocycles. The molecule has 2 amide bonds. The van der Waals surface area contributed by atoms with Gasteiger partial charge in [-0.3, -0.25) is 0 Å². The molecule has 1 N–H and O–H groups in total. The van der Waals surface area contributed by atoms with E-state index in [1.807, 2.05) is 36.1 Å². The average Bonchev–Trinajstić information content (AvgIpc) is 2.67. The number of urea groups is 1. The maximum Gasteiger partial charge on any atom is 0.322 e. The summed E-state index contributed by atoms with van der Waals surface area (Å²) in [5.41, 5.74) is 2.99. The zero-order valence-corrected chi connectivity index (χ0v) is 17.1. The van der Waals surface area contributed by atoms with Gasteiger partial charge in [-0.2, -0.15) is 0 Å². The van der Waals surface area contributed by atoms with Gasteiger partial charge >= 0.3 is 6.03 Å². The molecule has 0 unspecified atom stereocenters. The molecule has 1 fully saturated rings. The van der Waals surface area contributed by atoms with Gasteiger partial charge in [0.1, 0.15) is 11.6 Å². The van der Waals surface area contributed by atoms with Crippen LogP contribution in [0, 0.1) is 6.92 Å². The number of aromatic nitrogens is 2. The lowest BCUT2D eigenvalue weighted by Crippen LogP contribution is -2.41. The predicted molar refractivity (Wildman–Crippen MR) is 110 cm³/mol. The third kappa shape index (κ3) is 4.08. The van der Waals surface area contributed by atoms with Gasteiger partial charge in [-0.15, -0.1) is 0 Å². The van der Waals surface area contributed by atoms with E-state index < -0.39 is 0 Å². The Bertz CT molecular complexity index is 850. The standard InChI is InChI=1S/C20H24BrN5O/c1-14-22-18-8-11-26(20(27)24-16-7-5-6-15(21)12-16)13-17(18)19(23-14)25-9-3-2-4-10-25/h5-7,12H,2-4,8-11,13H2,1H3,(H,24,27). The lowest BCUT2D eigenvalue weighted by Gasteiger charge is -2.34. The van der Waals surface area contributed by atoms with Crippen LogP contribution in [0.1, 0.15) is 36.3 Å². The fourth-order valence-corrected chi connectivity index (χ4v) is 4.23. The minimum absolute atomic E-state index is 0.0797. The Balaban J connectivity index is 1.55. The van der Waals surface area contributed by atoms with Crippen molar-refractivity contribution >= 4 is 33.5 Å². The fourth-order valence-electron chi connectivity index (χ4n) is 3.83. The summed E-state index contributed by atoms with van der Waals surface area (Å²) in [7, 11) is 0. The first kappa shape index (κ1) is 18.2. The van der Waals surface area contributed by atoms with Crippen LogP contribution >= 0.6 is 15.9 Å². The van der Waals surface area contributed by atoms with Crippen molar-refractivity contribution in [3.63, 3.8) is 0 Å². The van der Waals surface area contributed by atoms with Crippen LogP contribution in [0.5, 0.6) is 0 Å². The third-order valence-corrected chi connectivity index (χ3v) is 5.66. The Hall–Kier alpha value is -2.15. The average molecular weight is 430 g/mol. The predicted octanol–water partition coefficient (Wildman–Crippen LogP) is 4.13. The van der Waals surface area contributed by atoms with Crippen LogP contribution in [0.15, 0.2) is 28.7 Å². The molecule has 0 bridgehead atoms. The molecule has 6 nitrogen and oxygen atoms in total. The van der Waals surface area contributed by atoms with E-state index >= 15 is 0 Å². The zero-order chi connectivity index (χ0) is 18.8. The van der Waals surface area contributed by atoms with Crippen LogP contribution in [-0.4, -0.2) is 40.5 Å². The van der Waals surface area contributed by atoms with Crippen molar-refractivity contribution in [3.05, 3.63) is 45.8 Å². The molecule has 2 aliphatic rings. The Morgan fingerprint density at radius 3 is 2.74 bits per heavy atom. The number of carbonyl (C=O) groups is 1. The Labute approximate surface area is 168 Å². The number of anilines is 2. The summed E-state index contributed by atoms with van der Waals surface area (Å²) in [5, 5.41) is 3.00. The summed E-state index contributed by atoms with van der Waals surface area (Å²) in [6.07, 6.45) is 4.45. The monoisotopic (exact) mass is 429 g/mol. The molecule has 0 atom stereocenters. The third-order valence-electron chi connectivity index (χ3n) is 5.17. The summed E-state index contributed by atoms with van der Waals surface area (Å²) in [5.74, 6) is 1.85. The first-order chi connectivity index (χ1) is 13.1. The highest BCUT2D eigenvalue weighted by Crippen LogP contribution is 2.29. The molecule has 27 heavy (non-hydrogen) atoms. The van der Waals surface area contributed by atoms with E-state index in [-0.39, 0.29) is 6.03 Å². The second-order valence-electron chi connectivity index (χ2n) is 7.18. The van der Waals surface area contributed by atoms with Crippen LogP contribution < -0.4 is 10.2 Å². The van der Waals surface area contributed by atoms with Gasteiger partial charge in [0.2, 0.25) is 0 Å². The lowest BCUT2D eigenvalue weighted by molar-refractivity contribution is 0.206. The molecule has 4 rings (SSSR count). The van der Waals surface area contributed by atoms with Crippen LogP contribution in [-0.2, 0) is 13.0 Å². The Morgan fingerprint density at radius 2 is 1.96 bits per heavy atom. The summed E-state index contributed by atoms with van der Waals surface area (Å²) < 4.78 is 0.945. The highest BCUT2D eigenvalue weighted by Gasteiger charge is 2.27. The van der Waals surface area contributed by atoms with Gasteiger partial charge in [0, 0.05) is 41.8 Å². The topological polar surface area (TPSA) is 61.4 Å². The number of aryl methyl sites for hydroxylation is 1. The van der Waals surface area contributed by atoms with Crippen molar-refractivity contribution in [3.8, 4) is 0 Å². The lowest BCUT2D eigenvalue weighted by atomic mass is 10.0. The van der Waals surface area contributed by atoms with E-state index in [1.165, 1.54) is 19.3 Å². The zero-order valence-electron chi connectivity index (χ0n) is 15.5. The molecule has 7 heteroatoms. The Morgan fingerprint density at radius 1 is 1.15 bits per heavy atom. The van der Waals surface area contributed by atoms with E-state index in [9.17, 15) is 4.79 Å². The fraction of sp³-hybridized carbons (Fsp3) is 0.450. The number of rotatable bonds is 2. The van der Waals surface area contributed by atoms with Gasteiger partial charge in [-0.05, 0) is 44.4 Å². The van der Waals surface area contributed by atoms with Crippen molar-refractivity contribution in [2.75, 3.05) is 29.9 Å². The number of nitrogens with zero attached hydrogens (tertiary/aromatic N) is 4. The molecule has 1 aromatic carbocycles. The second kappa shape index (κ2) is 7.84. The van der Waals surface area contributed by atoms with Gasteiger partial charge in [-0.1, -0.05) is 22.0 Å². The van der Waals surface area contributed by atoms with Crippen molar-refractivity contribution in [2.45, 2.75) is 39.2 Å². The Kier molecular flexibility index (Phi) is 5.29. The number of halogens is 1. The van der Waals surface area contributed by atoms with Crippen LogP contribution in [0.2, 0.25) is 0 Å². The minimum atomic E-state index is -0.0797.